The van der Waals surface area contributed by atoms with Gasteiger partial charge >= 0.3 is 0 Å². The number of rotatable bonds is 9. The van der Waals surface area contributed by atoms with Gasteiger partial charge < -0.3 is 5.32 Å². The van der Waals surface area contributed by atoms with Gasteiger partial charge in [0.25, 0.3) is 5.91 Å². The fourth-order valence-electron chi connectivity index (χ4n) is 3.71. The van der Waals surface area contributed by atoms with Crippen LogP contribution in [0.4, 0.5) is 0 Å². The van der Waals surface area contributed by atoms with Crippen LogP contribution >= 0.6 is 0 Å². The lowest BCUT2D eigenvalue weighted by Gasteiger charge is -2.21. The summed E-state index contributed by atoms with van der Waals surface area (Å²) in [6, 6.07) is 4.92. The van der Waals surface area contributed by atoms with Crippen LogP contribution < -0.4 is 5.32 Å². The van der Waals surface area contributed by atoms with E-state index in [-0.39, 0.29) is 10.8 Å². The Kier molecular flexibility index (Phi) is 8.96. The third kappa shape index (κ3) is 6.05. The minimum atomic E-state index is -3.55. The number of aryl methyl sites for hydroxylation is 1. The minimum absolute atomic E-state index is 0.180. The summed E-state index contributed by atoms with van der Waals surface area (Å²) in [6.45, 7) is 7.93. The average molecular weight is 409 g/mol. The van der Waals surface area contributed by atoms with Gasteiger partial charge in [0.15, 0.2) is 0 Å². The summed E-state index contributed by atoms with van der Waals surface area (Å²) in [5.74, 6) is 0.286. The van der Waals surface area contributed by atoms with Crippen LogP contribution in [-0.2, 0) is 10.0 Å². The van der Waals surface area contributed by atoms with Crippen molar-refractivity contribution in [3.05, 3.63) is 29.3 Å². The largest absolute Gasteiger partial charge is 0.352 e. The first kappa shape index (κ1) is 22.9. The molecule has 0 aliphatic carbocycles. The zero-order chi connectivity index (χ0) is 20.6. The molecule has 5 nitrogen and oxygen atoms in total. The number of carbonyl (C=O) groups excluding carboxylic acids is 1. The van der Waals surface area contributed by atoms with Crippen LogP contribution in [0, 0.1) is 12.8 Å². The van der Waals surface area contributed by atoms with E-state index in [4.69, 9.17) is 0 Å². The number of nitrogens with zero attached hydrogens (tertiary/aromatic N) is 1. The molecule has 1 N–H and O–H groups in total. The number of hydrogen-bond donors (Lipinski definition) is 1. The molecule has 1 fully saturated rings. The van der Waals surface area contributed by atoms with Crippen LogP contribution in [0.2, 0.25) is 0 Å². The maximum absolute atomic E-state index is 13.1. The van der Waals surface area contributed by atoms with Crippen molar-refractivity contribution in [1.82, 2.24) is 9.62 Å². The van der Waals surface area contributed by atoms with Crippen molar-refractivity contribution in [2.45, 2.75) is 77.0 Å². The van der Waals surface area contributed by atoms with Gasteiger partial charge in [-0.3, -0.25) is 4.79 Å². The predicted molar refractivity (Wildman–Crippen MR) is 114 cm³/mol. The molecule has 0 spiro atoms. The van der Waals surface area contributed by atoms with Crippen LogP contribution in [0.15, 0.2) is 23.1 Å². The van der Waals surface area contributed by atoms with Crippen LogP contribution in [-0.4, -0.2) is 38.3 Å². The van der Waals surface area contributed by atoms with Crippen molar-refractivity contribution in [3.8, 4) is 0 Å². The fraction of sp³-hybridized carbons (Fsp3) is 0.682. The zero-order valence-corrected chi connectivity index (χ0v) is 18.5. The second-order valence-corrected chi connectivity index (χ2v) is 9.86. The normalized spacial score (nSPS) is 17.1. The van der Waals surface area contributed by atoms with E-state index in [1.54, 1.807) is 22.5 Å². The number of hydrogen-bond acceptors (Lipinski definition) is 3. The monoisotopic (exact) mass is 408 g/mol. The molecule has 1 heterocycles. The molecule has 0 saturated carbocycles. The highest BCUT2D eigenvalue weighted by molar-refractivity contribution is 7.89. The van der Waals surface area contributed by atoms with Crippen LogP contribution in [0.25, 0.3) is 0 Å². The van der Waals surface area contributed by atoms with Gasteiger partial charge in [-0.2, -0.15) is 4.31 Å². The maximum Gasteiger partial charge on any atom is 0.251 e. The summed E-state index contributed by atoms with van der Waals surface area (Å²) >= 11 is 0. The number of benzene rings is 1. The topological polar surface area (TPSA) is 66.5 Å². The Hall–Kier alpha value is -1.40. The number of sulfonamides is 1. The summed E-state index contributed by atoms with van der Waals surface area (Å²) in [5, 5.41) is 3.02. The molecule has 158 valence electrons. The Morgan fingerprint density at radius 3 is 2.43 bits per heavy atom. The molecule has 1 aromatic rings. The van der Waals surface area contributed by atoms with E-state index in [0.29, 0.717) is 31.1 Å². The maximum atomic E-state index is 13.1. The van der Waals surface area contributed by atoms with E-state index >= 15 is 0 Å². The third-order valence-electron chi connectivity index (χ3n) is 5.75. The summed E-state index contributed by atoms with van der Waals surface area (Å²) in [4.78, 5) is 13.0. The Bertz CT molecular complexity index is 738. The number of unbranched alkanes of at least 4 members (excludes halogenated alkanes) is 1. The number of carbonyl (C=O) groups is 1. The van der Waals surface area contributed by atoms with Crippen molar-refractivity contribution < 1.29 is 13.2 Å². The molecule has 1 unspecified atom stereocenters. The van der Waals surface area contributed by atoms with Crippen LogP contribution in [0.5, 0.6) is 0 Å². The summed E-state index contributed by atoms with van der Waals surface area (Å²) in [7, 11) is -3.55. The molecule has 1 amide bonds. The molecule has 1 aromatic carbocycles. The summed E-state index contributed by atoms with van der Waals surface area (Å²) in [5.41, 5.74) is 1.26. The molecule has 0 bridgehead atoms. The first-order valence-electron chi connectivity index (χ1n) is 10.8. The van der Waals surface area contributed by atoms with Crippen LogP contribution in [0.3, 0.4) is 0 Å². The molecule has 0 aromatic heterocycles. The standard InChI is InChI=1S/C22H36N2O3S/c1-4-6-11-19(5-2)17-23-22(25)21-16-20(13-12-18(21)3)28(26,27)24-14-9-7-8-10-15-24/h12-13,16,19H,4-11,14-15,17H2,1-3H3,(H,23,25). The Labute approximate surface area is 170 Å². The second-order valence-electron chi connectivity index (χ2n) is 7.92. The van der Waals surface area contributed by atoms with Crippen molar-refractivity contribution in [2.75, 3.05) is 19.6 Å². The highest BCUT2D eigenvalue weighted by Gasteiger charge is 2.26. The van der Waals surface area contributed by atoms with Crippen molar-refractivity contribution in [3.63, 3.8) is 0 Å². The lowest BCUT2D eigenvalue weighted by molar-refractivity contribution is 0.0945. The fourth-order valence-corrected chi connectivity index (χ4v) is 5.26. The highest BCUT2D eigenvalue weighted by atomic mass is 32.2. The Balaban J connectivity index is 2.14. The SMILES string of the molecule is CCCCC(CC)CNC(=O)c1cc(S(=O)(=O)N2CCCCCC2)ccc1C. The van der Waals surface area contributed by atoms with Crippen molar-refractivity contribution >= 4 is 15.9 Å². The minimum Gasteiger partial charge on any atom is -0.352 e. The van der Waals surface area contributed by atoms with E-state index in [0.717, 1.165) is 56.9 Å². The van der Waals surface area contributed by atoms with Gasteiger partial charge in [-0.15, -0.1) is 0 Å². The van der Waals surface area contributed by atoms with E-state index in [1.807, 2.05) is 6.92 Å². The number of nitrogens with one attached hydrogen (secondary N) is 1. The van der Waals surface area contributed by atoms with E-state index in [9.17, 15) is 13.2 Å². The molecule has 2 rings (SSSR count). The molecule has 1 saturated heterocycles. The van der Waals surface area contributed by atoms with Crippen LogP contribution in [0.1, 0.15) is 81.1 Å². The molecule has 6 heteroatoms. The van der Waals surface area contributed by atoms with E-state index < -0.39 is 10.0 Å². The van der Waals surface area contributed by atoms with Gasteiger partial charge in [-0.05, 0) is 49.8 Å². The Morgan fingerprint density at radius 1 is 1.14 bits per heavy atom. The first-order chi connectivity index (χ1) is 13.4. The molecular formula is C22H36N2O3S. The van der Waals surface area contributed by atoms with Crippen molar-refractivity contribution in [1.29, 1.82) is 0 Å². The quantitative estimate of drug-likeness (QED) is 0.654. The Morgan fingerprint density at radius 2 is 1.82 bits per heavy atom. The molecule has 1 aliphatic heterocycles. The number of amides is 1. The summed E-state index contributed by atoms with van der Waals surface area (Å²) < 4.78 is 27.7. The highest BCUT2D eigenvalue weighted by Crippen LogP contribution is 2.23. The second kappa shape index (κ2) is 11.0. The summed E-state index contributed by atoms with van der Waals surface area (Å²) in [6.07, 6.45) is 8.40. The molecule has 1 aliphatic rings. The third-order valence-corrected chi connectivity index (χ3v) is 7.65. The average Bonchev–Trinajstić information content (AvgIpc) is 2.98. The molecule has 1 atom stereocenters. The van der Waals surface area contributed by atoms with E-state index in [1.165, 1.54) is 0 Å². The van der Waals surface area contributed by atoms with Gasteiger partial charge in [0.05, 0.1) is 4.90 Å². The predicted octanol–water partition coefficient (Wildman–Crippen LogP) is 4.51. The van der Waals surface area contributed by atoms with Gasteiger partial charge in [0.2, 0.25) is 10.0 Å². The zero-order valence-electron chi connectivity index (χ0n) is 17.7. The first-order valence-corrected chi connectivity index (χ1v) is 12.2. The molecular weight excluding hydrogens is 372 g/mol. The lowest BCUT2D eigenvalue weighted by Crippen LogP contribution is -2.33. The smallest absolute Gasteiger partial charge is 0.251 e. The molecule has 0 radical (unpaired) electrons. The lowest BCUT2D eigenvalue weighted by atomic mass is 9.99. The van der Waals surface area contributed by atoms with Gasteiger partial charge in [-0.1, -0.05) is 52.0 Å². The van der Waals surface area contributed by atoms with Crippen molar-refractivity contribution in [2.24, 2.45) is 5.92 Å². The van der Waals surface area contributed by atoms with E-state index in [2.05, 4.69) is 19.2 Å². The van der Waals surface area contributed by atoms with Gasteiger partial charge in [0, 0.05) is 25.2 Å². The molecule has 28 heavy (non-hydrogen) atoms. The van der Waals surface area contributed by atoms with Gasteiger partial charge in [-0.25, -0.2) is 8.42 Å². The van der Waals surface area contributed by atoms with Gasteiger partial charge in [0.1, 0.15) is 0 Å².